The second-order valence-electron chi connectivity index (χ2n) is 5.74. The molecule has 0 aromatic carbocycles. The maximum absolute atomic E-state index is 10.2. The van der Waals surface area contributed by atoms with Crippen molar-refractivity contribution in [3.63, 3.8) is 0 Å². The normalized spacial score (nSPS) is 11.7. The molecule has 0 heterocycles. The van der Waals surface area contributed by atoms with Gasteiger partial charge in [0.25, 0.3) is 0 Å². The lowest BCUT2D eigenvalue weighted by molar-refractivity contribution is -0.142. The van der Waals surface area contributed by atoms with E-state index in [1.165, 1.54) is 44.6 Å². The Hall–Kier alpha value is -0.0631. The lowest BCUT2D eigenvalue weighted by atomic mass is 10.1. The first-order valence-electron chi connectivity index (χ1n) is 7.40. The van der Waals surface area contributed by atoms with Crippen molar-refractivity contribution in [1.29, 1.82) is 0 Å². The quantitative estimate of drug-likeness (QED) is 0.306. The van der Waals surface area contributed by atoms with Gasteiger partial charge in [0.15, 0.2) is 0 Å². The maximum atomic E-state index is 10.2. The third kappa shape index (κ3) is 17.9. The van der Waals surface area contributed by atoms with Gasteiger partial charge in [0, 0.05) is 6.61 Å². The summed E-state index contributed by atoms with van der Waals surface area (Å²) < 4.78 is 4.98. The molecule has 5 heteroatoms. The van der Waals surface area contributed by atoms with E-state index in [1.807, 2.05) is 0 Å². The van der Waals surface area contributed by atoms with Crippen LogP contribution in [0.4, 0.5) is 0 Å². The highest BCUT2D eigenvalue weighted by atomic mass is 35.6. The van der Waals surface area contributed by atoms with Gasteiger partial charge in [0.1, 0.15) is 14.0 Å². The summed E-state index contributed by atoms with van der Waals surface area (Å²) in [4.78, 5) is 10.2. The van der Waals surface area contributed by atoms with Crippen molar-refractivity contribution < 1.29 is 14.6 Å². The SMILES string of the molecule is C[Si](C)(Cl)CCCCCCCCCCOCC(=O)O. The largest absolute Gasteiger partial charge is 0.480 e. The summed E-state index contributed by atoms with van der Waals surface area (Å²) in [6.07, 6.45) is 9.83. The van der Waals surface area contributed by atoms with Gasteiger partial charge in [-0.25, -0.2) is 4.79 Å². The molecule has 0 aliphatic rings. The number of hydrogen-bond acceptors (Lipinski definition) is 2. The van der Waals surface area contributed by atoms with Gasteiger partial charge in [-0.15, -0.1) is 0 Å². The molecule has 0 atom stereocenters. The lowest BCUT2D eigenvalue weighted by Crippen LogP contribution is -2.14. The van der Waals surface area contributed by atoms with Gasteiger partial charge in [0.2, 0.25) is 0 Å². The van der Waals surface area contributed by atoms with E-state index in [4.69, 9.17) is 20.9 Å². The first-order chi connectivity index (χ1) is 8.92. The van der Waals surface area contributed by atoms with E-state index in [0.29, 0.717) is 6.61 Å². The van der Waals surface area contributed by atoms with E-state index in [1.54, 1.807) is 0 Å². The molecule has 1 N–H and O–H groups in total. The first-order valence-corrected chi connectivity index (χ1v) is 11.6. The van der Waals surface area contributed by atoms with Crippen LogP contribution in [-0.2, 0) is 9.53 Å². The van der Waals surface area contributed by atoms with Gasteiger partial charge in [-0.1, -0.05) is 58.0 Å². The van der Waals surface area contributed by atoms with Crippen LogP contribution < -0.4 is 0 Å². The molecule has 114 valence electrons. The Morgan fingerprint density at radius 3 is 1.95 bits per heavy atom. The van der Waals surface area contributed by atoms with Gasteiger partial charge in [0.05, 0.1) is 0 Å². The number of unbranched alkanes of at least 4 members (excludes halogenated alkanes) is 7. The monoisotopic (exact) mass is 308 g/mol. The van der Waals surface area contributed by atoms with Crippen molar-refractivity contribution in [3.8, 4) is 0 Å². The van der Waals surface area contributed by atoms with E-state index in [9.17, 15) is 4.79 Å². The molecule has 3 nitrogen and oxygen atoms in total. The molecular formula is C14H29ClO3Si. The van der Waals surface area contributed by atoms with Crippen molar-refractivity contribution in [3.05, 3.63) is 0 Å². The van der Waals surface area contributed by atoms with Crippen molar-refractivity contribution >= 4 is 24.4 Å². The Morgan fingerprint density at radius 2 is 1.47 bits per heavy atom. The van der Waals surface area contributed by atoms with Gasteiger partial charge in [-0.2, -0.15) is 11.1 Å². The molecule has 0 radical (unpaired) electrons. The van der Waals surface area contributed by atoms with Crippen LogP contribution in [0.15, 0.2) is 0 Å². The fourth-order valence-corrected chi connectivity index (χ4v) is 3.46. The molecule has 0 aromatic rings. The smallest absolute Gasteiger partial charge is 0.329 e. The molecule has 0 rings (SSSR count). The van der Waals surface area contributed by atoms with Crippen molar-refractivity contribution in [2.45, 2.75) is 70.5 Å². The van der Waals surface area contributed by atoms with Crippen molar-refractivity contribution in [2.75, 3.05) is 13.2 Å². The Labute approximate surface area is 123 Å². The number of carbonyl (C=O) groups is 1. The summed E-state index contributed by atoms with van der Waals surface area (Å²) in [6.45, 7) is 4.82. The Kier molecular flexibility index (Phi) is 11.7. The molecule has 0 aromatic heterocycles. The highest BCUT2D eigenvalue weighted by Crippen LogP contribution is 2.19. The molecule has 0 bridgehead atoms. The number of halogens is 1. The van der Waals surface area contributed by atoms with E-state index < -0.39 is 13.4 Å². The minimum absolute atomic E-state index is 0.166. The van der Waals surface area contributed by atoms with Crippen LogP contribution in [0.2, 0.25) is 19.1 Å². The predicted molar refractivity (Wildman–Crippen MR) is 83.5 cm³/mol. The summed E-state index contributed by atoms with van der Waals surface area (Å²) >= 11 is 6.27. The number of carboxylic acid groups (broad SMARTS) is 1. The Morgan fingerprint density at radius 1 is 1.00 bits per heavy atom. The molecule has 19 heavy (non-hydrogen) atoms. The third-order valence-electron chi connectivity index (χ3n) is 3.04. The van der Waals surface area contributed by atoms with Crippen LogP contribution in [0.3, 0.4) is 0 Å². The molecule has 0 amide bonds. The van der Waals surface area contributed by atoms with Gasteiger partial charge in [-0.05, 0) is 12.5 Å². The highest BCUT2D eigenvalue weighted by Gasteiger charge is 2.15. The zero-order chi connectivity index (χ0) is 14.6. The van der Waals surface area contributed by atoms with E-state index in [2.05, 4.69) is 13.1 Å². The second kappa shape index (κ2) is 11.7. The fraction of sp³-hybridized carbons (Fsp3) is 0.929. The van der Waals surface area contributed by atoms with Crippen LogP contribution in [0.25, 0.3) is 0 Å². The van der Waals surface area contributed by atoms with Crippen LogP contribution in [0.5, 0.6) is 0 Å². The van der Waals surface area contributed by atoms with Gasteiger partial charge >= 0.3 is 5.97 Å². The molecule has 0 saturated heterocycles. The number of ether oxygens (including phenoxy) is 1. The first kappa shape index (κ1) is 18.9. The standard InChI is InChI=1S/C14H29ClO3Si/c1-19(2,15)12-10-8-6-4-3-5-7-9-11-18-13-14(16)17/h3-13H2,1-2H3,(H,16,17). The van der Waals surface area contributed by atoms with Crippen LogP contribution in [0.1, 0.15) is 51.4 Å². The number of aliphatic carboxylic acids is 1. The van der Waals surface area contributed by atoms with Gasteiger partial charge < -0.3 is 9.84 Å². The van der Waals surface area contributed by atoms with E-state index >= 15 is 0 Å². The topological polar surface area (TPSA) is 46.5 Å². The molecule has 0 fully saturated rings. The number of hydrogen-bond donors (Lipinski definition) is 1. The second-order valence-corrected chi connectivity index (χ2v) is 12.8. The lowest BCUT2D eigenvalue weighted by Gasteiger charge is -2.11. The van der Waals surface area contributed by atoms with E-state index in [-0.39, 0.29) is 6.61 Å². The van der Waals surface area contributed by atoms with Crippen molar-refractivity contribution in [2.24, 2.45) is 0 Å². The number of carboxylic acids is 1. The zero-order valence-corrected chi connectivity index (χ0v) is 14.2. The van der Waals surface area contributed by atoms with Crippen LogP contribution in [-0.4, -0.2) is 31.7 Å². The molecule has 0 aliphatic heterocycles. The summed E-state index contributed by atoms with van der Waals surface area (Å²) in [6, 6.07) is 1.23. The fourth-order valence-electron chi connectivity index (χ4n) is 1.97. The predicted octanol–water partition coefficient (Wildman–Crippen LogP) is 4.65. The summed E-state index contributed by atoms with van der Waals surface area (Å²) in [5.41, 5.74) is 0. The molecule has 0 unspecified atom stereocenters. The zero-order valence-electron chi connectivity index (χ0n) is 12.4. The van der Waals surface area contributed by atoms with E-state index in [0.717, 1.165) is 12.8 Å². The minimum atomic E-state index is -1.34. The molecule has 0 spiro atoms. The molecule has 0 saturated carbocycles. The minimum Gasteiger partial charge on any atom is -0.480 e. The Bertz CT molecular complexity index is 229. The average Bonchev–Trinajstić information content (AvgIpc) is 2.28. The summed E-state index contributed by atoms with van der Waals surface area (Å²) in [7, 11) is -1.34. The average molecular weight is 309 g/mol. The van der Waals surface area contributed by atoms with Crippen LogP contribution in [0, 0.1) is 0 Å². The molecular weight excluding hydrogens is 280 g/mol. The maximum Gasteiger partial charge on any atom is 0.329 e. The Balaban J connectivity index is 3.05. The molecule has 0 aliphatic carbocycles. The highest BCUT2D eigenvalue weighted by molar-refractivity contribution is 7.19. The third-order valence-corrected chi connectivity index (χ3v) is 5.14. The summed E-state index contributed by atoms with van der Waals surface area (Å²) in [5.74, 6) is -0.886. The van der Waals surface area contributed by atoms with Gasteiger partial charge in [-0.3, -0.25) is 0 Å². The summed E-state index contributed by atoms with van der Waals surface area (Å²) in [5, 5.41) is 8.38. The number of rotatable bonds is 13. The van der Waals surface area contributed by atoms with Crippen LogP contribution >= 0.6 is 11.1 Å². The van der Waals surface area contributed by atoms with Crippen molar-refractivity contribution in [1.82, 2.24) is 0 Å².